The van der Waals surface area contributed by atoms with E-state index in [1.165, 1.54) is 6.07 Å². The van der Waals surface area contributed by atoms with Gasteiger partial charge < -0.3 is 9.40 Å². The summed E-state index contributed by atoms with van der Waals surface area (Å²) in [5, 5.41) is 0.910. The fourth-order valence-corrected chi connectivity index (χ4v) is 2.00. The molecule has 0 radical (unpaired) electrons. The van der Waals surface area contributed by atoms with Crippen molar-refractivity contribution < 1.29 is 4.42 Å². The van der Waals surface area contributed by atoms with Crippen LogP contribution in [0.25, 0.3) is 22.4 Å². The number of fused-ring (bicyclic) bond motifs is 1. The van der Waals surface area contributed by atoms with Gasteiger partial charge in [-0.1, -0.05) is 18.2 Å². The van der Waals surface area contributed by atoms with Crippen molar-refractivity contribution in [3.63, 3.8) is 0 Å². The summed E-state index contributed by atoms with van der Waals surface area (Å²) < 4.78 is 5.42. The summed E-state index contributed by atoms with van der Waals surface area (Å²) in [6.07, 6.45) is 1.58. The van der Waals surface area contributed by atoms with Crippen molar-refractivity contribution in [2.24, 2.45) is 0 Å². The molecule has 2 aromatic heterocycles. The number of aromatic amines is 1. The molecule has 0 saturated carbocycles. The maximum absolute atomic E-state index is 11.5. The molecule has 0 saturated heterocycles. The molecule has 0 atom stereocenters. The number of furan rings is 1. The van der Waals surface area contributed by atoms with E-state index in [-0.39, 0.29) is 11.4 Å². The first kappa shape index (κ1) is 11.0. The Bertz CT molecular complexity index is 761. The normalized spacial score (nSPS) is 10.9. The van der Waals surface area contributed by atoms with Crippen molar-refractivity contribution in [2.45, 2.75) is 5.88 Å². The molecule has 90 valence electrons. The highest BCUT2D eigenvalue weighted by atomic mass is 35.5. The molecular weight excluding hydrogens is 252 g/mol. The minimum Gasteiger partial charge on any atom is -0.464 e. The number of benzene rings is 1. The monoisotopic (exact) mass is 260 g/mol. The smallest absolute Gasteiger partial charge is 0.251 e. The van der Waals surface area contributed by atoms with Gasteiger partial charge in [-0.15, -0.1) is 11.6 Å². The fourth-order valence-electron chi connectivity index (χ4n) is 1.87. The van der Waals surface area contributed by atoms with E-state index in [1.54, 1.807) is 6.26 Å². The van der Waals surface area contributed by atoms with E-state index in [0.29, 0.717) is 11.5 Å². The first-order valence-corrected chi connectivity index (χ1v) is 5.94. The molecule has 1 aromatic carbocycles. The van der Waals surface area contributed by atoms with Crippen LogP contribution < -0.4 is 5.56 Å². The number of rotatable bonds is 2. The molecule has 4 nitrogen and oxygen atoms in total. The Morgan fingerprint density at radius 3 is 3.00 bits per heavy atom. The van der Waals surface area contributed by atoms with Gasteiger partial charge in [-0.2, -0.15) is 0 Å². The minimum absolute atomic E-state index is 0.201. The van der Waals surface area contributed by atoms with Crippen molar-refractivity contribution in [3.05, 3.63) is 52.6 Å². The molecule has 0 aliphatic rings. The molecular formula is C13H9ClN2O2. The number of hydrogen-bond donors (Lipinski definition) is 1. The lowest BCUT2D eigenvalue weighted by atomic mass is 10.1. The average Bonchev–Trinajstić information content (AvgIpc) is 2.81. The summed E-state index contributed by atoms with van der Waals surface area (Å²) in [5.74, 6) is 0.676. The number of nitrogens with one attached hydrogen (secondary N) is 1. The van der Waals surface area contributed by atoms with Crippen molar-refractivity contribution in [1.82, 2.24) is 9.97 Å². The van der Waals surface area contributed by atoms with E-state index < -0.39 is 0 Å². The molecule has 3 rings (SSSR count). The number of halogens is 1. The standard InChI is InChI=1S/C13H9ClN2O2/c14-6-8-5-12(17)16-13(15-8)10-7-18-11-4-2-1-3-9(10)11/h1-5,7H,6H2,(H,15,16,17). The molecule has 5 heteroatoms. The van der Waals surface area contributed by atoms with Gasteiger partial charge in [0.2, 0.25) is 0 Å². The first-order chi connectivity index (χ1) is 8.78. The zero-order chi connectivity index (χ0) is 12.5. The van der Waals surface area contributed by atoms with Crippen LogP contribution in [0.3, 0.4) is 0 Å². The van der Waals surface area contributed by atoms with Crippen molar-refractivity contribution in [2.75, 3.05) is 0 Å². The molecule has 0 bridgehead atoms. The van der Waals surface area contributed by atoms with Crippen LogP contribution in [0.1, 0.15) is 5.69 Å². The van der Waals surface area contributed by atoms with Crippen LogP contribution in [0.2, 0.25) is 0 Å². The number of para-hydroxylation sites is 1. The van der Waals surface area contributed by atoms with Crippen LogP contribution >= 0.6 is 11.6 Å². The molecule has 0 unspecified atom stereocenters. The molecule has 0 aliphatic heterocycles. The third kappa shape index (κ3) is 1.80. The molecule has 0 amide bonds. The maximum atomic E-state index is 11.5. The van der Waals surface area contributed by atoms with Gasteiger partial charge in [-0.25, -0.2) is 4.98 Å². The van der Waals surface area contributed by atoms with Crippen molar-refractivity contribution in [3.8, 4) is 11.4 Å². The Hall–Kier alpha value is -2.07. The molecule has 0 aliphatic carbocycles. The summed E-state index contributed by atoms with van der Waals surface area (Å²) in [6, 6.07) is 8.97. The summed E-state index contributed by atoms with van der Waals surface area (Å²) in [7, 11) is 0. The van der Waals surface area contributed by atoms with Gasteiger partial charge in [0.25, 0.3) is 5.56 Å². The largest absolute Gasteiger partial charge is 0.464 e. The molecule has 1 N–H and O–H groups in total. The quantitative estimate of drug-likeness (QED) is 0.721. The van der Waals surface area contributed by atoms with E-state index in [2.05, 4.69) is 9.97 Å². The van der Waals surface area contributed by atoms with Crippen molar-refractivity contribution >= 4 is 22.6 Å². The number of hydrogen-bond acceptors (Lipinski definition) is 3. The molecule has 0 fully saturated rings. The lowest BCUT2D eigenvalue weighted by molar-refractivity contribution is 0.616. The number of alkyl halides is 1. The average molecular weight is 261 g/mol. The lowest BCUT2D eigenvalue weighted by Crippen LogP contribution is -2.09. The Morgan fingerprint density at radius 2 is 2.17 bits per heavy atom. The van der Waals surface area contributed by atoms with E-state index in [9.17, 15) is 4.79 Å². The van der Waals surface area contributed by atoms with Crippen LogP contribution in [0.5, 0.6) is 0 Å². The van der Waals surface area contributed by atoms with Gasteiger partial charge in [0.05, 0.1) is 17.1 Å². The lowest BCUT2D eigenvalue weighted by Gasteiger charge is -2.00. The summed E-state index contributed by atoms with van der Waals surface area (Å²) in [4.78, 5) is 18.5. The maximum Gasteiger partial charge on any atom is 0.251 e. The van der Waals surface area contributed by atoms with E-state index in [4.69, 9.17) is 16.0 Å². The number of aromatic nitrogens is 2. The molecule has 2 heterocycles. The number of H-pyrrole nitrogens is 1. The zero-order valence-corrected chi connectivity index (χ0v) is 10.1. The second-order valence-corrected chi connectivity index (χ2v) is 4.13. The molecule has 18 heavy (non-hydrogen) atoms. The van der Waals surface area contributed by atoms with Gasteiger partial charge in [0.1, 0.15) is 17.7 Å². The Balaban J connectivity index is 2.26. The second kappa shape index (κ2) is 4.31. The van der Waals surface area contributed by atoms with Crippen molar-refractivity contribution in [1.29, 1.82) is 0 Å². The zero-order valence-electron chi connectivity index (χ0n) is 9.31. The van der Waals surface area contributed by atoms with Crippen LogP contribution in [0, 0.1) is 0 Å². The SMILES string of the molecule is O=c1cc(CCl)nc(-c2coc3ccccc23)[nH]1. The first-order valence-electron chi connectivity index (χ1n) is 5.41. The highest BCUT2D eigenvalue weighted by Crippen LogP contribution is 2.27. The van der Waals surface area contributed by atoms with Crippen LogP contribution in [-0.4, -0.2) is 9.97 Å². The summed E-state index contributed by atoms with van der Waals surface area (Å²) in [5.41, 5.74) is 1.84. The van der Waals surface area contributed by atoms with Crippen LogP contribution in [0.4, 0.5) is 0 Å². The summed E-state index contributed by atoms with van der Waals surface area (Å²) in [6.45, 7) is 0. The van der Waals surface area contributed by atoms with E-state index in [1.807, 2.05) is 24.3 Å². The van der Waals surface area contributed by atoms with Gasteiger partial charge in [0.15, 0.2) is 0 Å². The van der Waals surface area contributed by atoms with Gasteiger partial charge in [0, 0.05) is 11.5 Å². The predicted octanol–water partition coefficient (Wildman–Crippen LogP) is 2.92. The Labute approximate surface area is 107 Å². The third-order valence-electron chi connectivity index (χ3n) is 2.67. The Morgan fingerprint density at radius 1 is 1.33 bits per heavy atom. The van der Waals surface area contributed by atoms with Crippen LogP contribution in [-0.2, 0) is 5.88 Å². The number of nitrogens with zero attached hydrogens (tertiary/aromatic N) is 1. The van der Waals surface area contributed by atoms with Crippen LogP contribution in [0.15, 0.2) is 45.8 Å². The van der Waals surface area contributed by atoms with E-state index >= 15 is 0 Å². The van der Waals surface area contributed by atoms with Gasteiger partial charge in [-0.05, 0) is 6.07 Å². The second-order valence-electron chi connectivity index (χ2n) is 3.86. The Kier molecular flexibility index (Phi) is 2.64. The van der Waals surface area contributed by atoms with Gasteiger partial charge >= 0.3 is 0 Å². The summed E-state index contributed by atoms with van der Waals surface area (Å²) >= 11 is 5.71. The van der Waals surface area contributed by atoms with Gasteiger partial charge in [-0.3, -0.25) is 4.79 Å². The molecule has 3 aromatic rings. The van der Waals surface area contributed by atoms with E-state index in [0.717, 1.165) is 16.5 Å². The third-order valence-corrected chi connectivity index (χ3v) is 2.94. The topological polar surface area (TPSA) is 58.9 Å². The fraction of sp³-hybridized carbons (Fsp3) is 0.0769. The highest BCUT2D eigenvalue weighted by molar-refractivity contribution is 6.16. The molecule has 0 spiro atoms. The predicted molar refractivity (Wildman–Crippen MR) is 69.6 cm³/mol. The highest BCUT2D eigenvalue weighted by Gasteiger charge is 2.10. The minimum atomic E-state index is -0.221.